The molecule has 2 aromatic rings. The summed E-state index contributed by atoms with van der Waals surface area (Å²) in [5.41, 5.74) is 2.45. The van der Waals surface area contributed by atoms with Crippen LogP contribution in [0.15, 0.2) is 30.6 Å². The van der Waals surface area contributed by atoms with Crippen LogP contribution < -0.4 is 5.32 Å². The van der Waals surface area contributed by atoms with Gasteiger partial charge in [-0.05, 0) is 24.6 Å². The van der Waals surface area contributed by atoms with Gasteiger partial charge >= 0.3 is 0 Å². The predicted molar refractivity (Wildman–Crippen MR) is 114 cm³/mol. The average molecular weight is 370 g/mol. The van der Waals surface area contributed by atoms with Crippen molar-refractivity contribution < 1.29 is 4.79 Å². The van der Waals surface area contributed by atoms with Crippen LogP contribution in [0.5, 0.6) is 0 Å². The minimum absolute atomic E-state index is 0.0883. The fourth-order valence-corrected chi connectivity index (χ4v) is 3.39. The lowest BCUT2D eigenvalue weighted by molar-refractivity contribution is -0.116. The zero-order valence-electron chi connectivity index (χ0n) is 16.9. The fourth-order valence-electron chi connectivity index (χ4n) is 3.39. The molecule has 0 atom stereocenters. The highest BCUT2D eigenvalue weighted by Gasteiger charge is 2.04. The van der Waals surface area contributed by atoms with E-state index in [1.54, 1.807) is 12.4 Å². The third-order valence-electron chi connectivity index (χ3n) is 5.01. The molecule has 0 fully saturated rings. The SMILES string of the molecule is CCCCCCCCCCCCCCC(=O)Nc1ccc2nccnc2c1. The van der Waals surface area contributed by atoms with Gasteiger partial charge in [0, 0.05) is 24.5 Å². The second kappa shape index (κ2) is 13.2. The van der Waals surface area contributed by atoms with Crippen molar-refractivity contribution in [2.24, 2.45) is 0 Å². The number of rotatable bonds is 14. The number of benzene rings is 1. The molecule has 1 aromatic heterocycles. The Balaban J connectivity index is 1.47. The third-order valence-corrected chi connectivity index (χ3v) is 5.01. The number of carbonyl (C=O) groups excluding carboxylic acids is 1. The lowest BCUT2D eigenvalue weighted by atomic mass is 10.0. The molecule has 0 spiro atoms. The summed E-state index contributed by atoms with van der Waals surface area (Å²) in [7, 11) is 0. The summed E-state index contributed by atoms with van der Waals surface area (Å²) in [6.45, 7) is 2.27. The van der Waals surface area contributed by atoms with Crippen LogP contribution in [-0.2, 0) is 4.79 Å². The molecule has 0 unspecified atom stereocenters. The number of aromatic nitrogens is 2. The number of fused-ring (bicyclic) bond motifs is 1. The van der Waals surface area contributed by atoms with E-state index >= 15 is 0 Å². The predicted octanol–water partition coefficient (Wildman–Crippen LogP) is 6.66. The molecule has 1 N–H and O–H groups in total. The van der Waals surface area contributed by atoms with E-state index in [9.17, 15) is 4.79 Å². The molecule has 4 nitrogen and oxygen atoms in total. The highest BCUT2D eigenvalue weighted by molar-refractivity contribution is 5.92. The molecule has 148 valence electrons. The van der Waals surface area contributed by atoms with E-state index in [-0.39, 0.29) is 5.91 Å². The maximum atomic E-state index is 12.1. The zero-order chi connectivity index (χ0) is 19.2. The fraction of sp³-hybridized carbons (Fsp3) is 0.609. The van der Waals surface area contributed by atoms with Crippen molar-refractivity contribution in [1.82, 2.24) is 9.97 Å². The molecule has 0 radical (unpaired) electrons. The molecule has 0 aliphatic carbocycles. The standard InChI is InChI=1S/C23H35N3O/c1-2-3-4-5-6-7-8-9-10-11-12-13-14-23(27)26-20-15-16-21-22(19-20)25-18-17-24-21/h15-19H,2-14H2,1H3,(H,26,27). The van der Waals surface area contributed by atoms with Crippen LogP contribution >= 0.6 is 0 Å². The molecule has 0 saturated carbocycles. The van der Waals surface area contributed by atoms with E-state index in [0.717, 1.165) is 29.6 Å². The summed E-state index contributed by atoms with van der Waals surface area (Å²) in [5, 5.41) is 2.97. The summed E-state index contributed by atoms with van der Waals surface area (Å²) in [4.78, 5) is 20.6. The van der Waals surface area contributed by atoms with Gasteiger partial charge in [-0.1, -0.05) is 77.6 Å². The van der Waals surface area contributed by atoms with Gasteiger partial charge in [0.05, 0.1) is 11.0 Å². The maximum Gasteiger partial charge on any atom is 0.224 e. The van der Waals surface area contributed by atoms with Gasteiger partial charge in [0.25, 0.3) is 0 Å². The molecule has 4 heteroatoms. The quantitative estimate of drug-likeness (QED) is 0.379. The van der Waals surface area contributed by atoms with Crippen LogP contribution in [-0.4, -0.2) is 15.9 Å². The van der Waals surface area contributed by atoms with E-state index in [2.05, 4.69) is 22.2 Å². The molecule has 2 rings (SSSR count). The second-order valence-corrected chi connectivity index (χ2v) is 7.45. The molecule has 0 bridgehead atoms. The summed E-state index contributed by atoms with van der Waals surface area (Å²) in [6, 6.07) is 5.65. The maximum absolute atomic E-state index is 12.1. The van der Waals surface area contributed by atoms with Crippen LogP contribution in [0.25, 0.3) is 11.0 Å². The van der Waals surface area contributed by atoms with E-state index in [1.807, 2.05) is 18.2 Å². The first kappa shape index (κ1) is 21.3. The van der Waals surface area contributed by atoms with Crippen molar-refractivity contribution >= 4 is 22.6 Å². The van der Waals surface area contributed by atoms with Crippen LogP contribution in [0.3, 0.4) is 0 Å². The molecular weight excluding hydrogens is 334 g/mol. The molecule has 1 amide bonds. The number of carbonyl (C=O) groups is 1. The minimum atomic E-state index is 0.0883. The molecule has 27 heavy (non-hydrogen) atoms. The Morgan fingerprint density at radius 1 is 0.778 bits per heavy atom. The number of nitrogens with zero attached hydrogens (tertiary/aromatic N) is 2. The topological polar surface area (TPSA) is 54.9 Å². The Morgan fingerprint density at radius 2 is 1.33 bits per heavy atom. The largest absolute Gasteiger partial charge is 0.326 e. The van der Waals surface area contributed by atoms with Crippen molar-refractivity contribution in [1.29, 1.82) is 0 Å². The first-order valence-electron chi connectivity index (χ1n) is 10.8. The van der Waals surface area contributed by atoms with E-state index in [4.69, 9.17) is 0 Å². The van der Waals surface area contributed by atoms with Crippen LogP contribution in [0.1, 0.15) is 90.4 Å². The summed E-state index contributed by atoms with van der Waals surface area (Å²) in [6.07, 6.45) is 19.6. The summed E-state index contributed by atoms with van der Waals surface area (Å²) >= 11 is 0. The zero-order valence-corrected chi connectivity index (χ0v) is 16.9. The number of anilines is 1. The molecular formula is C23H35N3O. The average Bonchev–Trinajstić information content (AvgIpc) is 2.68. The first-order chi connectivity index (χ1) is 13.3. The van der Waals surface area contributed by atoms with Crippen molar-refractivity contribution in [2.45, 2.75) is 90.4 Å². The molecule has 1 aromatic carbocycles. The van der Waals surface area contributed by atoms with Crippen molar-refractivity contribution in [3.05, 3.63) is 30.6 Å². The Kier molecular flexibility index (Phi) is 10.5. The van der Waals surface area contributed by atoms with Gasteiger partial charge in [-0.25, -0.2) is 0 Å². The number of amides is 1. The molecule has 0 saturated heterocycles. The van der Waals surface area contributed by atoms with Crippen molar-refractivity contribution in [3.63, 3.8) is 0 Å². The molecule has 0 aliphatic rings. The second-order valence-electron chi connectivity index (χ2n) is 7.45. The normalized spacial score (nSPS) is 11.0. The van der Waals surface area contributed by atoms with Gasteiger partial charge in [0.2, 0.25) is 5.91 Å². The lowest BCUT2D eigenvalue weighted by Crippen LogP contribution is -2.11. The Labute approximate surface area is 164 Å². The highest BCUT2D eigenvalue weighted by atomic mass is 16.1. The van der Waals surface area contributed by atoms with Gasteiger partial charge < -0.3 is 5.32 Å². The third kappa shape index (κ3) is 8.98. The Morgan fingerprint density at radius 3 is 1.96 bits per heavy atom. The van der Waals surface area contributed by atoms with Crippen LogP contribution in [0.2, 0.25) is 0 Å². The van der Waals surface area contributed by atoms with Crippen LogP contribution in [0.4, 0.5) is 5.69 Å². The summed E-state index contributed by atoms with van der Waals surface area (Å²) in [5.74, 6) is 0.0883. The van der Waals surface area contributed by atoms with E-state index < -0.39 is 0 Å². The lowest BCUT2D eigenvalue weighted by Gasteiger charge is -2.06. The highest BCUT2D eigenvalue weighted by Crippen LogP contribution is 2.16. The number of hydrogen-bond donors (Lipinski definition) is 1. The minimum Gasteiger partial charge on any atom is -0.326 e. The number of nitrogens with one attached hydrogen (secondary N) is 1. The van der Waals surface area contributed by atoms with Gasteiger partial charge in [-0.3, -0.25) is 14.8 Å². The van der Waals surface area contributed by atoms with Crippen molar-refractivity contribution in [2.75, 3.05) is 5.32 Å². The van der Waals surface area contributed by atoms with Gasteiger partial charge in [0.1, 0.15) is 0 Å². The van der Waals surface area contributed by atoms with Gasteiger partial charge in [0.15, 0.2) is 0 Å². The molecule has 1 heterocycles. The molecule has 0 aliphatic heterocycles. The van der Waals surface area contributed by atoms with Crippen molar-refractivity contribution in [3.8, 4) is 0 Å². The monoisotopic (exact) mass is 369 g/mol. The number of unbranched alkanes of at least 4 members (excludes halogenated alkanes) is 11. The first-order valence-corrected chi connectivity index (χ1v) is 10.8. The number of hydrogen-bond acceptors (Lipinski definition) is 3. The Bertz CT molecular complexity index is 671. The van der Waals surface area contributed by atoms with E-state index in [0.29, 0.717) is 6.42 Å². The smallest absolute Gasteiger partial charge is 0.224 e. The van der Waals surface area contributed by atoms with Crippen LogP contribution in [0, 0.1) is 0 Å². The van der Waals surface area contributed by atoms with Gasteiger partial charge in [-0.2, -0.15) is 0 Å². The van der Waals surface area contributed by atoms with E-state index in [1.165, 1.54) is 64.2 Å². The van der Waals surface area contributed by atoms with Gasteiger partial charge in [-0.15, -0.1) is 0 Å². The Hall–Kier alpha value is -1.97. The summed E-state index contributed by atoms with van der Waals surface area (Å²) < 4.78 is 0.